The summed E-state index contributed by atoms with van der Waals surface area (Å²) in [4.78, 5) is 12.0. The van der Waals surface area contributed by atoms with E-state index in [1.165, 1.54) is 22.3 Å². The van der Waals surface area contributed by atoms with Crippen molar-refractivity contribution < 1.29 is 9.53 Å². The van der Waals surface area contributed by atoms with Gasteiger partial charge in [-0.1, -0.05) is 12.1 Å². The normalized spacial score (nSPS) is 19.2. The predicted octanol–water partition coefficient (Wildman–Crippen LogP) is 1.22. The first-order chi connectivity index (χ1) is 9.09. The van der Waals surface area contributed by atoms with Crippen LogP contribution >= 0.6 is 0 Å². The van der Waals surface area contributed by atoms with Gasteiger partial charge in [-0.2, -0.15) is 0 Å². The van der Waals surface area contributed by atoms with Crippen LogP contribution in [-0.4, -0.2) is 31.7 Å². The van der Waals surface area contributed by atoms with Gasteiger partial charge < -0.3 is 15.4 Å². The van der Waals surface area contributed by atoms with Crippen molar-refractivity contribution in [3.8, 4) is 0 Å². The molecule has 0 bridgehead atoms. The van der Waals surface area contributed by atoms with Gasteiger partial charge in [0.15, 0.2) is 0 Å². The zero-order valence-electron chi connectivity index (χ0n) is 11.9. The van der Waals surface area contributed by atoms with E-state index in [9.17, 15) is 4.79 Å². The summed E-state index contributed by atoms with van der Waals surface area (Å²) in [6, 6.07) is 3.97. The second kappa shape index (κ2) is 6.17. The molecule has 1 aromatic rings. The largest absolute Gasteiger partial charge is 0.378 e. The third-order valence-corrected chi connectivity index (χ3v) is 3.86. The minimum absolute atomic E-state index is 0.0114. The molecule has 0 saturated carbocycles. The van der Waals surface area contributed by atoms with E-state index in [-0.39, 0.29) is 11.9 Å². The molecule has 1 aliphatic rings. The van der Waals surface area contributed by atoms with Crippen LogP contribution in [0, 0.1) is 20.8 Å². The van der Waals surface area contributed by atoms with Crippen LogP contribution in [0.1, 0.15) is 22.3 Å². The summed E-state index contributed by atoms with van der Waals surface area (Å²) < 4.78 is 5.29. The number of hydrogen-bond donors (Lipinski definition) is 2. The first-order valence-corrected chi connectivity index (χ1v) is 6.74. The summed E-state index contributed by atoms with van der Waals surface area (Å²) in [6.45, 7) is 8.77. The Bertz CT molecular complexity index is 465. The van der Waals surface area contributed by atoms with Gasteiger partial charge >= 0.3 is 0 Å². The fourth-order valence-corrected chi connectivity index (χ4v) is 2.24. The summed E-state index contributed by atoms with van der Waals surface area (Å²) in [7, 11) is 0. The van der Waals surface area contributed by atoms with Gasteiger partial charge in [0.1, 0.15) is 6.04 Å². The number of nitrogens with one attached hydrogen (secondary N) is 2. The lowest BCUT2D eigenvalue weighted by Crippen LogP contribution is -2.51. The van der Waals surface area contributed by atoms with Crippen molar-refractivity contribution in [2.75, 3.05) is 19.8 Å². The van der Waals surface area contributed by atoms with Crippen LogP contribution in [0.2, 0.25) is 0 Å². The maximum Gasteiger partial charge on any atom is 0.239 e. The molecule has 1 aliphatic heterocycles. The second-order valence-electron chi connectivity index (χ2n) is 5.09. The van der Waals surface area contributed by atoms with Crippen LogP contribution in [0.5, 0.6) is 0 Å². The zero-order chi connectivity index (χ0) is 13.8. The summed E-state index contributed by atoms with van der Waals surface area (Å²) in [5, 5.41) is 6.13. The third kappa shape index (κ3) is 3.33. The molecular formula is C15H22N2O2. The van der Waals surface area contributed by atoms with Gasteiger partial charge in [0, 0.05) is 13.1 Å². The lowest BCUT2D eigenvalue weighted by molar-refractivity contribution is -0.126. The molecule has 1 fully saturated rings. The Morgan fingerprint density at radius 3 is 2.84 bits per heavy atom. The lowest BCUT2D eigenvalue weighted by atomic mass is 9.99. The van der Waals surface area contributed by atoms with Crippen LogP contribution < -0.4 is 10.6 Å². The molecule has 1 amide bonds. The van der Waals surface area contributed by atoms with E-state index in [2.05, 4.69) is 43.5 Å². The Kier molecular flexibility index (Phi) is 4.56. The minimum atomic E-state index is -0.222. The predicted molar refractivity (Wildman–Crippen MR) is 75.1 cm³/mol. The fraction of sp³-hybridized carbons (Fsp3) is 0.533. The van der Waals surface area contributed by atoms with E-state index in [0.717, 1.165) is 6.54 Å². The molecule has 4 nitrogen and oxygen atoms in total. The van der Waals surface area contributed by atoms with Gasteiger partial charge in [0.2, 0.25) is 5.91 Å². The van der Waals surface area contributed by atoms with Gasteiger partial charge in [0.25, 0.3) is 0 Å². The molecule has 1 unspecified atom stereocenters. The van der Waals surface area contributed by atoms with Gasteiger partial charge in [-0.3, -0.25) is 4.79 Å². The number of hydrogen-bond acceptors (Lipinski definition) is 3. The lowest BCUT2D eigenvalue weighted by Gasteiger charge is -2.23. The monoisotopic (exact) mass is 262 g/mol. The van der Waals surface area contributed by atoms with Crippen molar-refractivity contribution in [3.63, 3.8) is 0 Å². The van der Waals surface area contributed by atoms with Gasteiger partial charge in [-0.15, -0.1) is 0 Å². The average molecular weight is 262 g/mol. The van der Waals surface area contributed by atoms with Crippen LogP contribution in [-0.2, 0) is 16.1 Å². The first kappa shape index (κ1) is 14.0. The highest BCUT2D eigenvalue weighted by Gasteiger charge is 2.20. The zero-order valence-corrected chi connectivity index (χ0v) is 11.9. The highest BCUT2D eigenvalue weighted by molar-refractivity contribution is 5.82. The van der Waals surface area contributed by atoms with Crippen molar-refractivity contribution in [2.24, 2.45) is 0 Å². The van der Waals surface area contributed by atoms with Crippen molar-refractivity contribution in [3.05, 3.63) is 34.4 Å². The van der Waals surface area contributed by atoms with Crippen molar-refractivity contribution in [1.82, 2.24) is 10.6 Å². The molecule has 104 valence electrons. The van der Waals surface area contributed by atoms with E-state index in [0.29, 0.717) is 19.8 Å². The first-order valence-electron chi connectivity index (χ1n) is 6.74. The van der Waals surface area contributed by atoms with Crippen molar-refractivity contribution >= 4 is 5.91 Å². The Hall–Kier alpha value is -1.39. The summed E-state index contributed by atoms with van der Waals surface area (Å²) >= 11 is 0. The minimum Gasteiger partial charge on any atom is -0.378 e. The second-order valence-corrected chi connectivity index (χ2v) is 5.09. The SMILES string of the molecule is Cc1ccc(CNC(=O)C2COCCN2)c(C)c1C. The van der Waals surface area contributed by atoms with Crippen LogP contribution in [0.25, 0.3) is 0 Å². The van der Waals surface area contributed by atoms with Gasteiger partial charge in [0.05, 0.1) is 13.2 Å². The molecule has 1 atom stereocenters. The quantitative estimate of drug-likeness (QED) is 0.861. The van der Waals surface area contributed by atoms with Crippen molar-refractivity contribution in [2.45, 2.75) is 33.4 Å². The van der Waals surface area contributed by atoms with Crippen LogP contribution in [0.3, 0.4) is 0 Å². The van der Waals surface area contributed by atoms with E-state index in [1.54, 1.807) is 0 Å². The highest BCUT2D eigenvalue weighted by Crippen LogP contribution is 2.16. The molecule has 0 radical (unpaired) electrons. The summed E-state index contributed by atoms with van der Waals surface area (Å²) in [5.41, 5.74) is 5.02. The fourth-order valence-electron chi connectivity index (χ4n) is 2.24. The van der Waals surface area contributed by atoms with E-state index in [4.69, 9.17) is 4.74 Å². The van der Waals surface area contributed by atoms with E-state index < -0.39 is 0 Å². The Morgan fingerprint density at radius 1 is 1.37 bits per heavy atom. The Balaban J connectivity index is 1.95. The standard InChI is InChI=1S/C15H22N2O2/c1-10-4-5-13(12(3)11(10)2)8-17-15(18)14-9-19-7-6-16-14/h4-5,14,16H,6-9H2,1-3H3,(H,17,18). The number of benzene rings is 1. The average Bonchev–Trinajstić information content (AvgIpc) is 2.45. The maximum atomic E-state index is 12.0. The number of morpholine rings is 1. The molecular weight excluding hydrogens is 240 g/mol. The molecule has 1 heterocycles. The maximum absolute atomic E-state index is 12.0. The number of carbonyl (C=O) groups excluding carboxylic acids is 1. The number of amides is 1. The van der Waals surface area contributed by atoms with E-state index >= 15 is 0 Å². The molecule has 0 spiro atoms. The summed E-state index contributed by atoms with van der Waals surface area (Å²) in [5.74, 6) is 0.0114. The number of carbonyl (C=O) groups is 1. The number of aryl methyl sites for hydroxylation is 1. The molecule has 19 heavy (non-hydrogen) atoms. The smallest absolute Gasteiger partial charge is 0.239 e. The third-order valence-electron chi connectivity index (χ3n) is 3.86. The highest BCUT2D eigenvalue weighted by atomic mass is 16.5. The number of ether oxygens (including phenoxy) is 1. The molecule has 1 saturated heterocycles. The molecule has 0 aliphatic carbocycles. The molecule has 1 aromatic carbocycles. The molecule has 4 heteroatoms. The Labute approximate surface area is 114 Å². The van der Waals surface area contributed by atoms with E-state index in [1.807, 2.05) is 0 Å². The topological polar surface area (TPSA) is 50.4 Å². The Morgan fingerprint density at radius 2 is 2.16 bits per heavy atom. The van der Waals surface area contributed by atoms with Crippen molar-refractivity contribution in [1.29, 1.82) is 0 Å². The van der Waals surface area contributed by atoms with Gasteiger partial charge in [-0.05, 0) is 43.0 Å². The number of rotatable bonds is 3. The molecule has 2 rings (SSSR count). The summed E-state index contributed by atoms with van der Waals surface area (Å²) in [6.07, 6.45) is 0. The van der Waals surface area contributed by atoms with Crippen LogP contribution in [0.4, 0.5) is 0 Å². The van der Waals surface area contributed by atoms with Crippen LogP contribution in [0.15, 0.2) is 12.1 Å². The van der Waals surface area contributed by atoms with Gasteiger partial charge in [-0.25, -0.2) is 0 Å². The molecule has 2 N–H and O–H groups in total. The molecule has 0 aromatic heterocycles.